The van der Waals surface area contributed by atoms with Gasteiger partial charge in [0.25, 0.3) is 5.91 Å². The fraction of sp³-hybridized carbons (Fsp3) is 0.0667. The second kappa shape index (κ2) is 6.13. The predicted octanol–water partition coefficient (Wildman–Crippen LogP) is 2.82. The molecule has 2 N–H and O–H groups in total. The van der Waals surface area contributed by atoms with Crippen molar-refractivity contribution >= 4 is 11.6 Å². The highest BCUT2D eigenvalue weighted by Gasteiger charge is 2.10. The van der Waals surface area contributed by atoms with Gasteiger partial charge in [0.15, 0.2) is 11.6 Å². The van der Waals surface area contributed by atoms with E-state index >= 15 is 0 Å². The van der Waals surface area contributed by atoms with Crippen LogP contribution in [0.5, 0.6) is 5.75 Å². The van der Waals surface area contributed by atoms with Crippen LogP contribution in [-0.2, 0) is 0 Å². The van der Waals surface area contributed by atoms with Crippen molar-refractivity contribution in [2.45, 2.75) is 6.92 Å². The number of para-hydroxylation sites is 1. The zero-order valence-corrected chi connectivity index (χ0v) is 11.1. The number of benzene rings is 2. The van der Waals surface area contributed by atoms with Crippen molar-refractivity contribution in [3.8, 4) is 5.75 Å². The molecule has 0 atom stereocenters. The summed E-state index contributed by atoms with van der Waals surface area (Å²) in [6, 6.07) is 9.31. The molecule has 0 saturated heterocycles. The van der Waals surface area contributed by atoms with E-state index in [1.165, 1.54) is 25.1 Å². The molecular formula is C15H12F2N2O2. The summed E-state index contributed by atoms with van der Waals surface area (Å²) in [5, 5.41) is 13.3. The Morgan fingerprint density at radius 3 is 2.52 bits per heavy atom. The van der Waals surface area contributed by atoms with E-state index in [-0.39, 0.29) is 11.3 Å². The monoisotopic (exact) mass is 290 g/mol. The number of phenols is 1. The topological polar surface area (TPSA) is 61.7 Å². The van der Waals surface area contributed by atoms with Gasteiger partial charge in [-0.05, 0) is 37.3 Å². The number of phenolic OH excluding ortho intramolecular Hbond substituents is 1. The Bertz CT molecular complexity index is 715. The molecule has 0 aliphatic rings. The fourth-order valence-electron chi connectivity index (χ4n) is 1.65. The first-order chi connectivity index (χ1) is 9.99. The second-order valence-corrected chi connectivity index (χ2v) is 4.28. The molecule has 0 bridgehead atoms. The quantitative estimate of drug-likeness (QED) is 0.674. The van der Waals surface area contributed by atoms with Crippen LogP contribution < -0.4 is 5.43 Å². The molecule has 0 aromatic heterocycles. The molecule has 2 aromatic rings. The maximum atomic E-state index is 13.1. The van der Waals surface area contributed by atoms with Gasteiger partial charge in [0.1, 0.15) is 5.75 Å². The zero-order chi connectivity index (χ0) is 15.4. The van der Waals surface area contributed by atoms with E-state index < -0.39 is 17.5 Å². The molecule has 0 radical (unpaired) electrons. The molecule has 108 valence electrons. The van der Waals surface area contributed by atoms with Crippen LogP contribution in [0.25, 0.3) is 0 Å². The zero-order valence-electron chi connectivity index (χ0n) is 11.1. The van der Waals surface area contributed by atoms with E-state index in [4.69, 9.17) is 0 Å². The largest absolute Gasteiger partial charge is 0.507 e. The first-order valence-electron chi connectivity index (χ1n) is 6.07. The Morgan fingerprint density at radius 2 is 1.86 bits per heavy atom. The average molecular weight is 290 g/mol. The van der Waals surface area contributed by atoms with Gasteiger partial charge in [0.2, 0.25) is 0 Å². The first-order valence-corrected chi connectivity index (χ1v) is 6.07. The van der Waals surface area contributed by atoms with E-state index in [1.54, 1.807) is 12.1 Å². The highest BCUT2D eigenvalue weighted by Crippen LogP contribution is 2.15. The summed E-state index contributed by atoms with van der Waals surface area (Å²) in [6.07, 6.45) is 0. The standard InChI is InChI=1S/C15H12F2N2O2/c1-9(10-6-7-12(16)13(17)8-10)18-19-15(21)11-4-2-3-5-14(11)20/h2-8,20H,1H3,(H,19,21)/b18-9+. The van der Waals surface area contributed by atoms with Gasteiger partial charge in [0, 0.05) is 5.56 Å². The minimum Gasteiger partial charge on any atom is -0.507 e. The lowest BCUT2D eigenvalue weighted by Gasteiger charge is -2.05. The highest BCUT2D eigenvalue weighted by molar-refractivity contribution is 6.01. The summed E-state index contributed by atoms with van der Waals surface area (Å²) in [4.78, 5) is 11.8. The average Bonchev–Trinajstić information content (AvgIpc) is 2.47. The minimum absolute atomic E-state index is 0.0688. The lowest BCUT2D eigenvalue weighted by atomic mass is 10.1. The van der Waals surface area contributed by atoms with Gasteiger partial charge in [-0.1, -0.05) is 12.1 Å². The molecule has 0 heterocycles. The van der Waals surface area contributed by atoms with E-state index in [1.807, 2.05) is 0 Å². The molecule has 0 aliphatic carbocycles. The molecule has 0 saturated carbocycles. The summed E-state index contributed by atoms with van der Waals surface area (Å²) in [5.74, 6) is -2.72. The Morgan fingerprint density at radius 1 is 1.14 bits per heavy atom. The van der Waals surface area contributed by atoms with Crippen molar-refractivity contribution in [1.29, 1.82) is 0 Å². The molecule has 6 heteroatoms. The Kier molecular flexibility index (Phi) is 4.27. The predicted molar refractivity (Wildman–Crippen MR) is 74.1 cm³/mol. The fourth-order valence-corrected chi connectivity index (χ4v) is 1.65. The molecule has 0 spiro atoms. The summed E-state index contributed by atoms with van der Waals surface area (Å²) >= 11 is 0. The summed E-state index contributed by atoms with van der Waals surface area (Å²) < 4.78 is 25.9. The van der Waals surface area contributed by atoms with Gasteiger partial charge >= 0.3 is 0 Å². The van der Waals surface area contributed by atoms with Crippen LogP contribution in [0.3, 0.4) is 0 Å². The van der Waals surface area contributed by atoms with E-state index in [9.17, 15) is 18.7 Å². The molecule has 0 aliphatic heterocycles. The SMILES string of the molecule is C/C(=N\NC(=O)c1ccccc1O)c1ccc(F)c(F)c1. The molecule has 0 unspecified atom stereocenters. The van der Waals surface area contributed by atoms with Gasteiger partial charge in [0.05, 0.1) is 11.3 Å². The van der Waals surface area contributed by atoms with Crippen molar-refractivity contribution in [2.75, 3.05) is 0 Å². The molecule has 21 heavy (non-hydrogen) atoms. The van der Waals surface area contributed by atoms with Gasteiger partial charge < -0.3 is 5.11 Å². The summed E-state index contributed by atoms with van der Waals surface area (Å²) in [6.45, 7) is 1.54. The number of carbonyl (C=O) groups excluding carboxylic acids is 1. The van der Waals surface area contributed by atoms with Crippen LogP contribution in [0.15, 0.2) is 47.6 Å². The Balaban J connectivity index is 2.15. The number of aromatic hydroxyl groups is 1. The van der Waals surface area contributed by atoms with E-state index in [2.05, 4.69) is 10.5 Å². The van der Waals surface area contributed by atoms with E-state index in [0.717, 1.165) is 12.1 Å². The van der Waals surface area contributed by atoms with Crippen LogP contribution in [0, 0.1) is 11.6 Å². The maximum absolute atomic E-state index is 13.1. The third-order valence-corrected chi connectivity index (χ3v) is 2.81. The first kappa shape index (κ1) is 14.6. The van der Waals surface area contributed by atoms with Crippen LogP contribution >= 0.6 is 0 Å². The van der Waals surface area contributed by atoms with Crippen LogP contribution in [0.2, 0.25) is 0 Å². The Labute approximate surface area is 119 Å². The van der Waals surface area contributed by atoms with Crippen molar-refractivity contribution in [3.63, 3.8) is 0 Å². The number of rotatable bonds is 3. The van der Waals surface area contributed by atoms with Crippen molar-refractivity contribution in [3.05, 3.63) is 65.2 Å². The minimum atomic E-state index is -0.992. The smallest absolute Gasteiger partial charge is 0.275 e. The van der Waals surface area contributed by atoms with Gasteiger partial charge in [-0.2, -0.15) is 5.10 Å². The number of nitrogens with one attached hydrogen (secondary N) is 1. The van der Waals surface area contributed by atoms with Crippen molar-refractivity contribution < 1.29 is 18.7 Å². The summed E-state index contributed by atoms with van der Waals surface area (Å²) in [5.41, 5.74) is 2.96. The molecule has 0 fully saturated rings. The van der Waals surface area contributed by atoms with Gasteiger partial charge in [-0.3, -0.25) is 4.79 Å². The summed E-state index contributed by atoms with van der Waals surface area (Å²) in [7, 11) is 0. The maximum Gasteiger partial charge on any atom is 0.275 e. The van der Waals surface area contributed by atoms with E-state index in [0.29, 0.717) is 11.3 Å². The molecule has 2 aromatic carbocycles. The van der Waals surface area contributed by atoms with Gasteiger partial charge in [-0.15, -0.1) is 0 Å². The molecule has 4 nitrogen and oxygen atoms in total. The number of carbonyl (C=O) groups is 1. The lowest BCUT2D eigenvalue weighted by molar-refractivity contribution is 0.0952. The normalized spacial score (nSPS) is 11.3. The number of hydrazone groups is 1. The number of amides is 1. The number of nitrogens with zero attached hydrogens (tertiary/aromatic N) is 1. The highest BCUT2D eigenvalue weighted by atomic mass is 19.2. The third-order valence-electron chi connectivity index (χ3n) is 2.81. The van der Waals surface area contributed by atoms with Crippen molar-refractivity contribution in [1.82, 2.24) is 5.43 Å². The van der Waals surface area contributed by atoms with Crippen LogP contribution in [-0.4, -0.2) is 16.7 Å². The van der Waals surface area contributed by atoms with Gasteiger partial charge in [-0.25, -0.2) is 14.2 Å². The Hall–Kier alpha value is -2.76. The second-order valence-electron chi connectivity index (χ2n) is 4.28. The number of hydrogen-bond acceptors (Lipinski definition) is 3. The molecule has 2 rings (SSSR count). The van der Waals surface area contributed by atoms with Crippen LogP contribution in [0.4, 0.5) is 8.78 Å². The molecule has 1 amide bonds. The third kappa shape index (κ3) is 3.42. The number of halogens is 2. The number of hydrogen-bond donors (Lipinski definition) is 2. The van der Waals surface area contributed by atoms with Crippen molar-refractivity contribution in [2.24, 2.45) is 5.10 Å². The van der Waals surface area contributed by atoms with Crippen LogP contribution in [0.1, 0.15) is 22.8 Å². The lowest BCUT2D eigenvalue weighted by Crippen LogP contribution is -2.19. The molecular weight excluding hydrogens is 278 g/mol.